The summed E-state index contributed by atoms with van der Waals surface area (Å²) in [6.07, 6.45) is 5.07. The van der Waals surface area contributed by atoms with Crippen LogP contribution in [0, 0.1) is 17.8 Å². The van der Waals surface area contributed by atoms with Gasteiger partial charge < -0.3 is 5.32 Å². The van der Waals surface area contributed by atoms with Gasteiger partial charge in [-0.1, -0.05) is 20.3 Å². The number of carbonyl (C=O) groups is 1. The third kappa shape index (κ3) is 1.73. The van der Waals surface area contributed by atoms with Crippen LogP contribution in [0.1, 0.15) is 46.5 Å². The first-order valence-corrected chi connectivity index (χ1v) is 6.31. The van der Waals surface area contributed by atoms with Crippen molar-refractivity contribution in [2.24, 2.45) is 17.8 Å². The second-order valence-corrected chi connectivity index (χ2v) is 5.67. The molecular formula is C13H23NO. The summed E-state index contributed by atoms with van der Waals surface area (Å²) in [7, 11) is 0. The van der Waals surface area contributed by atoms with Crippen molar-refractivity contribution in [3.8, 4) is 0 Å². The third-order valence-corrected chi connectivity index (χ3v) is 4.87. The molecule has 0 aromatic heterocycles. The number of ketones is 1. The molecular weight excluding hydrogens is 186 g/mol. The lowest BCUT2D eigenvalue weighted by Crippen LogP contribution is -2.53. The van der Waals surface area contributed by atoms with Gasteiger partial charge in [-0.15, -0.1) is 0 Å². The fraction of sp³-hybridized carbons (Fsp3) is 0.923. The molecule has 2 heteroatoms. The lowest BCUT2D eigenvalue weighted by molar-refractivity contribution is -0.120. The summed E-state index contributed by atoms with van der Waals surface area (Å²) in [4.78, 5) is 11.4. The number of carbonyl (C=O) groups excluding carboxylic acids is 1. The number of hydrogen-bond donors (Lipinski definition) is 1. The Bertz CT molecular complexity index is 251. The first-order valence-electron chi connectivity index (χ1n) is 6.31. The first-order chi connectivity index (χ1) is 7.06. The van der Waals surface area contributed by atoms with Crippen molar-refractivity contribution in [1.29, 1.82) is 0 Å². The monoisotopic (exact) mass is 209 g/mol. The van der Waals surface area contributed by atoms with Crippen LogP contribution in [-0.2, 0) is 4.79 Å². The number of nitrogens with one attached hydrogen (secondary N) is 1. The fourth-order valence-electron chi connectivity index (χ4n) is 3.63. The van der Waals surface area contributed by atoms with Crippen molar-refractivity contribution < 1.29 is 4.79 Å². The van der Waals surface area contributed by atoms with Gasteiger partial charge in [0.2, 0.25) is 0 Å². The van der Waals surface area contributed by atoms with E-state index in [9.17, 15) is 4.79 Å². The van der Waals surface area contributed by atoms with Crippen LogP contribution in [0.2, 0.25) is 0 Å². The van der Waals surface area contributed by atoms with Crippen LogP contribution in [0.5, 0.6) is 0 Å². The van der Waals surface area contributed by atoms with Crippen molar-refractivity contribution >= 4 is 5.78 Å². The lowest BCUT2D eigenvalue weighted by Gasteiger charge is -2.45. The molecule has 3 atom stereocenters. The maximum absolute atomic E-state index is 11.4. The summed E-state index contributed by atoms with van der Waals surface area (Å²) in [5.41, 5.74) is 0.272. The van der Waals surface area contributed by atoms with Crippen LogP contribution in [-0.4, -0.2) is 17.9 Å². The van der Waals surface area contributed by atoms with Crippen molar-refractivity contribution in [1.82, 2.24) is 5.32 Å². The van der Waals surface area contributed by atoms with Crippen LogP contribution in [0.3, 0.4) is 0 Å². The van der Waals surface area contributed by atoms with Gasteiger partial charge in [0.25, 0.3) is 0 Å². The minimum atomic E-state index is 0.271. The first kappa shape index (κ1) is 11.1. The highest BCUT2D eigenvalue weighted by Gasteiger charge is 2.48. The van der Waals surface area contributed by atoms with Gasteiger partial charge in [-0.05, 0) is 38.0 Å². The van der Waals surface area contributed by atoms with Gasteiger partial charge in [-0.2, -0.15) is 0 Å². The van der Waals surface area contributed by atoms with E-state index in [1.807, 2.05) is 0 Å². The Hall–Kier alpha value is -0.370. The molecule has 3 unspecified atom stereocenters. The van der Waals surface area contributed by atoms with Crippen molar-refractivity contribution in [3.63, 3.8) is 0 Å². The molecule has 0 aromatic rings. The molecule has 1 saturated carbocycles. The van der Waals surface area contributed by atoms with Crippen LogP contribution < -0.4 is 5.32 Å². The molecule has 2 rings (SSSR count). The Labute approximate surface area is 92.8 Å². The zero-order chi connectivity index (χ0) is 11.1. The molecule has 0 aromatic carbocycles. The van der Waals surface area contributed by atoms with Gasteiger partial charge in [0.05, 0.1) is 0 Å². The molecule has 2 fully saturated rings. The topological polar surface area (TPSA) is 29.1 Å². The molecule has 86 valence electrons. The molecule has 1 spiro atoms. The minimum absolute atomic E-state index is 0.271. The van der Waals surface area contributed by atoms with Gasteiger partial charge >= 0.3 is 0 Å². The van der Waals surface area contributed by atoms with E-state index in [0.717, 1.165) is 24.8 Å². The fourth-order valence-corrected chi connectivity index (χ4v) is 3.63. The smallest absolute Gasteiger partial charge is 0.134 e. The molecule has 1 aliphatic heterocycles. The molecule has 0 amide bonds. The van der Waals surface area contributed by atoms with Gasteiger partial charge in [0, 0.05) is 18.0 Å². The summed E-state index contributed by atoms with van der Waals surface area (Å²) < 4.78 is 0. The molecule has 1 heterocycles. The van der Waals surface area contributed by atoms with Gasteiger partial charge in [0.15, 0.2) is 0 Å². The average Bonchev–Trinajstić information content (AvgIpc) is 2.61. The van der Waals surface area contributed by atoms with Crippen molar-refractivity contribution in [2.45, 2.75) is 52.0 Å². The highest BCUT2D eigenvalue weighted by molar-refractivity contribution is 5.79. The van der Waals surface area contributed by atoms with E-state index in [2.05, 4.69) is 19.2 Å². The van der Waals surface area contributed by atoms with Gasteiger partial charge in [-0.25, -0.2) is 0 Å². The molecule has 2 aliphatic rings. The molecule has 2 nitrogen and oxygen atoms in total. The quantitative estimate of drug-likeness (QED) is 0.718. The molecule has 1 aliphatic carbocycles. The predicted molar refractivity (Wildman–Crippen MR) is 61.7 cm³/mol. The zero-order valence-corrected chi connectivity index (χ0v) is 10.2. The van der Waals surface area contributed by atoms with Crippen LogP contribution in [0.4, 0.5) is 0 Å². The average molecular weight is 209 g/mol. The van der Waals surface area contributed by atoms with Crippen LogP contribution in [0.25, 0.3) is 0 Å². The zero-order valence-electron chi connectivity index (χ0n) is 10.2. The summed E-state index contributed by atoms with van der Waals surface area (Å²) in [6, 6.07) is 0. The summed E-state index contributed by atoms with van der Waals surface area (Å²) in [5, 5.41) is 3.68. The Balaban J connectivity index is 2.15. The number of hydrogen-bond acceptors (Lipinski definition) is 2. The van der Waals surface area contributed by atoms with E-state index in [1.165, 1.54) is 19.3 Å². The SMILES string of the molecule is CC(=O)C1CNC2(C1)C(C)CCCC2C. The molecule has 15 heavy (non-hydrogen) atoms. The number of rotatable bonds is 1. The lowest BCUT2D eigenvalue weighted by atomic mass is 9.65. The van der Waals surface area contributed by atoms with Crippen molar-refractivity contribution in [2.75, 3.05) is 6.54 Å². The summed E-state index contributed by atoms with van der Waals surface area (Å²) >= 11 is 0. The second kappa shape index (κ2) is 3.89. The molecule has 1 N–H and O–H groups in total. The van der Waals surface area contributed by atoms with E-state index in [0.29, 0.717) is 5.78 Å². The normalized spacial score (nSPS) is 45.9. The Morgan fingerprint density at radius 3 is 2.33 bits per heavy atom. The Kier molecular flexibility index (Phi) is 2.89. The Morgan fingerprint density at radius 2 is 1.87 bits per heavy atom. The molecule has 0 bridgehead atoms. The van der Waals surface area contributed by atoms with Gasteiger partial charge in [0.1, 0.15) is 5.78 Å². The van der Waals surface area contributed by atoms with E-state index in [4.69, 9.17) is 0 Å². The van der Waals surface area contributed by atoms with E-state index in [-0.39, 0.29) is 11.5 Å². The predicted octanol–water partition coefficient (Wildman–Crippen LogP) is 2.38. The van der Waals surface area contributed by atoms with Crippen LogP contribution in [0.15, 0.2) is 0 Å². The second-order valence-electron chi connectivity index (χ2n) is 5.67. The highest BCUT2D eigenvalue weighted by Crippen LogP contribution is 2.45. The standard InChI is InChI=1S/C13H23NO/c1-9-5-4-6-10(2)13(9)7-12(8-14-13)11(3)15/h9-10,12,14H,4-8H2,1-3H3. The third-order valence-electron chi connectivity index (χ3n) is 4.87. The van der Waals surface area contributed by atoms with E-state index in [1.54, 1.807) is 6.92 Å². The van der Waals surface area contributed by atoms with E-state index < -0.39 is 0 Å². The summed E-state index contributed by atoms with van der Waals surface area (Å²) in [5.74, 6) is 2.09. The Morgan fingerprint density at radius 1 is 1.27 bits per heavy atom. The highest BCUT2D eigenvalue weighted by atomic mass is 16.1. The maximum atomic E-state index is 11.4. The molecule has 0 radical (unpaired) electrons. The van der Waals surface area contributed by atoms with E-state index >= 15 is 0 Å². The molecule has 1 saturated heterocycles. The van der Waals surface area contributed by atoms with Crippen LogP contribution >= 0.6 is 0 Å². The summed E-state index contributed by atoms with van der Waals surface area (Å²) in [6.45, 7) is 7.35. The van der Waals surface area contributed by atoms with Gasteiger partial charge in [-0.3, -0.25) is 4.79 Å². The largest absolute Gasteiger partial charge is 0.310 e. The minimum Gasteiger partial charge on any atom is -0.310 e. The number of Topliss-reactive ketones (excluding diaryl/α,β-unsaturated/α-hetero) is 1. The maximum Gasteiger partial charge on any atom is 0.134 e. The van der Waals surface area contributed by atoms with Crippen molar-refractivity contribution in [3.05, 3.63) is 0 Å².